The van der Waals surface area contributed by atoms with Crippen LogP contribution in [0.4, 0.5) is 16.2 Å². The van der Waals surface area contributed by atoms with Crippen LogP contribution in [-0.4, -0.2) is 19.2 Å². The Morgan fingerprint density at radius 2 is 2.08 bits per heavy atom. The summed E-state index contributed by atoms with van der Waals surface area (Å²) in [6.07, 6.45) is 0.988. The van der Waals surface area contributed by atoms with Crippen LogP contribution in [-0.2, 0) is 13.0 Å². The molecule has 1 heterocycles. The van der Waals surface area contributed by atoms with Crippen molar-refractivity contribution in [3.8, 4) is 5.75 Å². The first-order chi connectivity index (χ1) is 11.7. The standard InChI is InChI=1S/C19H23N3O2/c1-3-24-18-6-4-5-17(13(18)2)22-19(23)21-16-8-7-15-12-20-10-9-14(15)11-16/h4-8,11,20H,3,9-10,12H2,1-2H3,(H2,21,22,23). The van der Waals surface area contributed by atoms with Crippen molar-refractivity contribution >= 4 is 17.4 Å². The van der Waals surface area contributed by atoms with E-state index < -0.39 is 0 Å². The Morgan fingerprint density at radius 1 is 1.21 bits per heavy atom. The molecule has 2 amide bonds. The fourth-order valence-electron chi connectivity index (χ4n) is 2.90. The molecule has 24 heavy (non-hydrogen) atoms. The van der Waals surface area contributed by atoms with Crippen molar-refractivity contribution in [1.29, 1.82) is 0 Å². The highest BCUT2D eigenvalue weighted by Crippen LogP contribution is 2.26. The smallest absolute Gasteiger partial charge is 0.323 e. The van der Waals surface area contributed by atoms with Gasteiger partial charge in [-0.15, -0.1) is 0 Å². The second-order valence-electron chi connectivity index (χ2n) is 5.85. The largest absolute Gasteiger partial charge is 0.494 e. The topological polar surface area (TPSA) is 62.4 Å². The van der Waals surface area contributed by atoms with E-state index in [-0.39, 0.29) is 6.03 Å². The quantitative estimate of drug-likeness (QED) is 0.803. The Morgan fingerprint density at radius 3 is 2.92 bits per heavy atom. The monoisotopic (exact) mass is 325 g/mol. The maximum Gasteiger partial charge on any atom is 0.323 e. The third-order valence-electron chi connectivity index (χ3n) is 4.18. The molecule has 0 bridgehead atoms. The third kappa shape index (κ3) is 3.68. The van der Waals surface area contributed by atoms with Crippen LogP contribution in [0, 0.1) is 6.92 Å². The summed E-state index contributed by atoms with van der Waals surface area (Å²) in [6.45, 7) is 6.35. The number of benzene rings is 2. The van der Waals surface area contributed by atoms with Gasteiger partial charge >= 0.3 is 6.03 Å². The summed E-state index contributed by atoms with van der Waals surface area (Å²) in [7, 11) is 0. The van der Waals surface area contributed by atoms with Crippen LogP contribution < -0.4 is 20.7 Å². The van der Waals surface area contributed by atoms with Gasteiger partial charge in [0.15, 0.2) is 0 Å². The van der Waals surface area contributed by atoms with Crippen LogP contribution in [0.2, 0.25) is 0 Å². The van der Waals surface area contributed by atoms with E-state index in [9.17, 15) is 4.79 Å². The summed E-state index contributed by atoms with van der Waals surface area (Å²) in [5.74, 6) is 0.789. The predicted octanol–water partition coefficient (Wildman–Crippen LogP) is 3.68. The Bertz CT molecular complexity index is 743. The van der Waals surface area contributed by atoms with Gasteiger partial charge in [0.25, 0.3) is 0 Å². The maximum absolute atomic E-state index is 12.3. The number of urea groups is 1. The zero-order chi connectivity index (χ0) is 16.9. The molecule has 1 aliphatic heterocycles. The van der Waals surface area contributed by atoms with E-state index >= 15 is 0 Å². The minimum absolute atomic E-state index is 0.249. The lowest BCUT2D eigenvalue weighted by Crippen LogP contribution is -2.24. The van der Waals surface area contributed by atoms with Gasteiger partial charge in [0, 0.05) is 23.5 Å². The second-order valence-corrected chi connectivity index (χ2v) is 5.85. The summed E-state index contributed by atoms with van der Waals surface area (Å²) in [5.41, 5.74) is 5.08. The molecule has 3 rings (SSSR count). The molecule has 0 radical (unpaired) electrons. The van der Waals surface area contributed by atoms with Gasteiger partial charge < -0.3 is 20.7 Å². The molecule has 2 aromatic carbocycles. The van der Waals surface area contributed by atoms with Crippen LogP contribution in [0.1, 0.15) is 23.6 Å². The highest BCUT2D eigenvalue weighted by molar-refractivity contribution is 6.00. The number of anilines is 2. The summed E-state index contributed by atoms with van der Waals surface area (Å²) < 4.78 is 5.56. The average molecular weight is 325 g/mol. The summed E-state index contributed by atoms with van der Waals surface area (Å²) in [5, 5.41) is 9.15. The molecule has 126 valence electrons. The number of hydrogen-bond donors (Lipinski definition) is 3. The fourth-order valence-corrected chi connectivity index (χ4v) is 2.90. The lowest BCUT2D eigenvalue weighted by Gasteiger charge is -2.18. The van der Waals surface area contributed by atoms with Gasteiger partial charge in [-0.1, -0.05) is 12.1 Å². The van der Waals surface area contributed by atoms with Gasteiger partial charge in [0.2, 0.25) is 0 Å². The first kappa shape index (κ1) is 16.3. The van der Waals surface area contributed by atoms with Crippen LogP contribution in [0.3, 0.4) is 0 Å². The van der Waals surface area contributed by atoms with Crippen LogP contribution >= 0.6 is 0 Å². The van der Waals surface area contributed by atoms with Crippen molar-refractivity contribution in [2.24, 2.45) is 0 Å². The van der Waals surface area contributed by atoms with Crippen molar-refractivity contribution < 1.29 is 9.53 Å². The first-order valence-electron chi connectivity index (χ1n) is 8.30. The number of hydrogen-bond acceptors (Lipinski definition) is 3. The third-order valence-corrected chi connectivity index (χ3v) is 4.18. The van der Waals surface area contributed by atoms with E-state index in [4.69, 9.17) is 4.74 Å². The van der Waals surface area contributed by atoms with Gasteiger partial charge in [0.05, 0.1) is 6.61 Å². The highest BCUT2D eigenvalue weighted by atomic mass is 16.5. The zero-order valence-corrected chi connectivity index (χ0v) is 14.1. The molecular weight excluding hydrogens is 302 g/mol. The Hall–Kier alpha value is -2.53. The Balaban J connectivity index is 1.69. The predicted molar refractivity (Wildman–Crippen MR) is 96.8 cm³/mol. The van der Waals surface area contributed by atoms with Crippen molar-refractivity contribution in [3.05, 3.63) is 53.1 Å². The van der Waals surface area contributed by atoms with Crippen molar-refractivity contribution in [2.45, 2.75) is 26.8 Å². The fraction of sp³-hybridized carbons (Fsp3) is 0.316. The molecule has 5 nitrogen and oxygen atoms in total. The highest BCUT2D eigenvalue weighted by Gasteiger charge is 2.11. The maximum atomic E-state index is 12.3. The van der Waals surface area contributed by atoms with E-state index in [1.54, 1.807) is 0 Å². The van der Waals surface area contributed by atoms with Gasteiger partial charge in [-0.25, -0.2) is 4.79 Å². The molecule has 0 atom stereocenters. The SMILES string of the molecule is CCOc1cccc(NC(=O)Nc2ccc3c(c2)CCNC3)c1C. The molecule has 0 aliphatic carbocycles. The Kier molecular flexibility index (Phi) is 5.01. The molecule has 0 saturated heterocycles. The number of carbonyl (C=O) groups is 1. The number of carbonyl (C=O) groups excluding carboxylic acids is 1. The molecule has 0 aromatic heterocycles. The zero-order valence-electron chi connectivity index (χ0n) is 14.1. The van der Waals surface area contributed by atoms with Gasteiger partial charge in [0.1, 0.15) is 5.75 Å². The van der Waals surface area contributed by atoms with Crippen LogP contribution in [0.5, 0.6) is 5.75 Å². The molecule has 5 heteroatoms. The lowest BCUT2D eigenvalue weighted by molar-refractivity contribution is 0.262. The van der Waals surface area contributed by atoms with E-state index in [1.165, 1.54) is 11.1 Å². The van der Waals surface area contributed by atoms with E-state index in [0.29, 0.717) is 6.61 Å². The number of rotatable bonds is 4. The van der Waals surface area contributed by atoms with Crippen LogP contribution in [0.25, 0.3) is 0 Å². The van der Waals surface area contributed by atoms with Gasteiger partial charge in [-0.05, 0) is 62.2 Å². The van der Waals surface area contributed by atoms with Crippen LogP contribution in [0.15, 0.2) is 36.4 Å². The molecular formula is C19H23N3O2. The van der Waals surface area contributed by atoms with Crippen molar-refractivity contribution in [3.63, 3.8) is 0 Å². The number of ether oxygens (including phenoxy) is 1. The second kappa shape index (κ2) is 7.36. The van der Waals surface area contributed by atoms with E-state index in [1.807, 2.05) is 38.1 Å². The van der Waals surface area contributed by atoms with Gasteiger partial charge in [-0.3, -0.25) is 0 Å². The van der Waals surface area contributed by atoms with Gasteiger partial charge in [-0.2, -0.15) is 0 Å². The normalized spacial score (nSPS) is 13.1. The number of amides is 2. The molecule has 2 aromatic rings. The van der Waals surface area contributed by atoms with E-state index in [0.717, 1.165) is 42.2 Å². The molecule has 0 fully saturated rings. The van der Waals surface area contributed by atoms with Crippen molar-refractivity contribution in [2.75, 3.05) is 23.8 Å². The minimum atomic E-state index is -0.249. The summed E-state index contributed by atoms with van der Waals surface area (Å²) in [4.78, 5) is 12.3. The molecule has 1 aliphatic rings. The minimum Gasteiger partial charge on any atom is -0.494 e. The first-order valence-corrected chi connectivity index (χ1v) is 8.30. The molecule has 0 unspecified atom stereocenters. The molecule has 0 saturated carbocycles. The lowest BCUT2D eigenvalue weighted by atomic mass is 10.0. The van der Waals surface area contributed by atoms with E-state index in [2.05, 4.69) is 28.1 Å². The van der Waals surface area contributed by atoms with Crippen molar-refractivity contribution in [1.82, 2.24) is 5.32 Å². The Labute approximate surface area is 142 Å². The summed E-state index contributed by atoms with van der Waals surface area (Å²) in [6, 6.07) is 11.5. The molecule has 0 spiro atoms. The number of fused-ring (bicyclic) bond motifs is 1. The number of nitrogens with one attached hydrogen (secondary N) is 3. The summed E-state index contributed by atoms with van der Waals surface area (Å²) >= 11 is 0. The molecule has 3 N–H and O–H groups in total. The average Bonchev–Trinajstić information content (AvgIpc) is 2.58.